The maximum Gasteiger partial charge on any atom is 0.254 e. The van der Waals surface area contributed by atoms with E-state index in [0.717, 1.165) is 17.0 Å². The zero-order chi connectivity index (χ0) is 18.8. The number of rotatable bonds is 4. The molecule has 0 atom stereocenters. The summed E-state index contributed by atoms with van der Waals surface area (Å²) in [5, 5.41) is 4.54. The highest BCUT2D eigenvalue weighted by molar-refractivity contribution is 5.94. The summed E-state index contributed by atoms with van der Waals surface area (Å²) in [5.41, 5.74) is 3.56. The van der Waals surface area contributed by atoms with Crippen molar-refractivity contribution in [2.24, 2.45) is 0 Å². The molecule has 2 aromatic carbocycles. The first kappa shape index (κ1) is 17.3. The molecule has 6 heteroatoms. The molecule has 1 aromatic heterocycles. The fourth-order valence-electron chi connectivity index (χ4n) is 3.22. The van der Waals surface area contributed by atoms with Crippen molar-refractivity contribution in [2.45, 2.75) is 26.6 Å². The van der Waals surface area contributed by atoms with Crippen LogP contribution in [-0.2, 0) is 19.7 Å². The van der Waals surface area contributed by atoms with Crippen LogP contribution >= 0.6 is 0 Å². The molecule has 4 rings (SSSR count). The Morgan fingerprint density at radius 3 is 2.74 bits per heavy atom. The van der Waals surface area contributed by atoms with Gasteiger partial charge in [-0.15, -0.1) is 0 Å². The van der Waals surface area contributed by atoms with Crippen molar-refractivity contribution in [1.29, 1.82) is 0 Å². The lowest BCUT2D eigenvalue weighted by atomic mass is 10.1. The van der Waals surface area contributed by atoms with Crippen LogP contribution in [0.25, 0.3) is 0 Å². The molecule has 138 valence electrons. The van der Waals surface area contributed by atoms with E-state index in [1.54, 1.807) is 12.1 Å². The molecule has 0 fully saturated rings. The summed E-state index contributed by atoms with van der Waals surface area (Å²) in [6.07, 6.45) is 0. The number of carbonyl (C=O) groups is 1. The second-order valence-electron chi connectivity index (χ2n) is 6.69. The Labute approximate surface area is 157 Å². The van der Waals surface area contributed by atoms with Gasteiger partial charge in [0, 0.05) is 12.1 Å². The van der Waals surface area contributed by atoms with Crippen molar-refractivity contribution in [3.63, 3.8) is 0 Å². The van der Waals surface area contributed by atoms with Crippen molar-refractivity contribution in [2.75, 3.05) is 6.54 Å². The molecule has 0 radical (unpaired) electrons. The number of hydrogen-bond acceptors (Lipinski definition) is 3. The number of halogens is 1. The van der Waals surface area contributed by atoms with Gasteiger partial charge in [-0.3, -0.25) is 9.48 Å². The van der Waals surface area contributed by atoms with Crippen molar-refractivity contribution in [3.8, 4) is 5.75 Å². The lowest BCUT2D eigenvalue weighted by Crippen LogP contribution is -2.38. The molecule has 0 saturated heterocycles. The molecule has 0 saturated carbocycles. The lowest BCUT2D eigenvalue weighted by molar-refractivity contribution is 0.0706. The van der Waals surface area contributed by atoms with Gasteiger partial charge in [0.05, 0.1) is 18.8 Å². The van der Waals surface area contributed by atoms with Gasteiger partial charge in [0.25, 0.3) is 5.91 Å². The van der Waals surface area contributed by atoms with Gasteiger partial charge in [-0.1, -0.05) is 17.7 Å². The SMILES string of the molecule is Cc1cccc(C(=O)N2CCn3nc(COc4ccc(F)cc4)cc3C2)c1. The number of benzene rings is 2. The van der Waals surface area contributed by atoms with Gasteiger partial charge in [0.15, 0.2) is 0 Å². The normalized spacial score (nSPS) is 13.3. The molecule has 0 spiro atoms. The zero-order valence-corrected chi connectivity index (χ0v) is 15.1. The number of fused-ring (bicyclic) bond motifs is 1. The number of carbonyl (C=O) groups excluding carboxylic acids is 1. The van der Waals surface area contributed by atoms with Crippen LogP contribution in [0.15, 0.2) is 54.6 Å². The van der Waals surface area contributed by atoms with Gasteiger partial charge in [-0.2, -0.15) is 5.10 Å². The van der Waals surface area contributed by atoms with Crippen LogP contribution in [0.2, 0.25) is 0 Å². The highest BCUT2D eigenvalue weighted by atomic mass is 19.1. The van der Waals surface area contributed by atoms with E-state index in [1.165, 1.54) is 12.1 Å². The van der Waals surface area contributed by atoms with Crippen molar-refractivity contribution < 1.29 is 13.9 Å². The van der Waals surface area contributed by atoms with E-state index in [2.05, 4.69) is 5.10 Å². The van der Waals surface area contributed by atoms with E-state index in [4.69, 9.17) is 4.74 Å². The number of nitrogens with zero attached hydrogens (tertiary/aromatic N) is 3. The molecule has 0 N–H and O–H groups in total. The molecule has 27 heavy (non-hydrogen) atoms. The summed E-state index contributed by atoms with van der Waals surface area (Å²) in [4.78, 5) is 14.6. The minimum atomic E-state index is -0.293. The topological polar surface area (TPSA) is 47.4 Å². The number of hydrogen-bond donors (Lipinski definition) is 0. The van der Waals surface area contributed by atoms with E-state index in [1.807, 2.05) is 46.8 Å². The highest BCUT2D eigenvalue weighted by Crippen LogP contribution is 2.19. The zero-order valence-electron chi connectivity index (χ0n) is 15.1. The average Bonchev–Trinajstić information content (AvgIpc) is 3.09. The first-order valence-corrected chi connectivity index (χ1v) is 8.88. The third kappa shape index (κ3) is 3.84. The number of aryl methyl sites for hydroxylation is 1. The van der Waals surface area contributed by atoms with Crippen LogP contribution in [0.1, 0.15) is 27.3 Å². The Balaban J connectivity index is 1.42. The fraction of sp³-hybridized carbons (Fsp3) is 0.238. The van der Waals surface area contributed by atoms with Crippen molar-refractivity contribution >= 4 is 5.91 Å². The molecular formula is C21H20FN3O2. The minimum Gasteiger partial charge on any atom is -0.487 e. The summed E-state index contributed by atoms with van der Waals surface area (Å²) < 4.78 is 20.5. The van der Waals surface area contributed by atoms with Crippen molar-refractivity contribution in [3.05, 3.63) is 82.9 Å². The maximum absolute atomic E-state index is 12.9. The monoisotopic (exact) mass is 365 g/mol. The van der Waals surface area contributed by atoms with Gasteiger partial charge in [0.1, 0.15) is 23.9 Å². The Morgan fingerprint density at radius 2 is 1.96 bits per heavy atom. The molecule has 5 nitrogen and oxygen atoms in total. The van der Waals surface area contributed by atoms with Crippen LogP contribution < -0.4 is 4.74 Å². The Morgan fingerprint density at radius 1 is 1.15 bits per heavy atom. The first-order chi connectivity index (χ1) is 13.1. The Hall–Kier alpha value is -3.15. The first-order valence-electron chi connectivity index (χ1n) is 8.88. The molecule has 1 aliphatic heterocycles. The van der Waals surface area contributed by atoms with E-state index in [9.17, 15) is 9.18 Å². The summed E-state index contributed by atoms with van der Waals surface area (Å²) in [6, 6.07) is 15.5. The highest BCUT2D eigenvalue weighted by Gasteiger charge is 2.23. The second kappa shape index (κ2) is 7.23. The van der Waals surface area contributed by atoms with Crippen LogP contribution in [0, 0.1) is 12.7 Å². The molecule has 1 aliphatic rings. The number of ether oxygens (including phenoxy) is 1. The third-order valence-corrected chi connectivity index (χ3v) is 4.60. The Bertz CT molecular complexity index is 966. The molecule has 1 amide bonds. The molecule has 3 aromatic rings. The summed E-state index contributed by atoms with van der Waals surface area (Å²) in [5.74, 6) is 0.340. The summed E-state index contributed by atoms with van der Waals surface area (Å²) in [7, 11) is 0. The van der Waals surface area contributed by atoms with Crippen LogP contribution in [-0.4, -0.2) is 27.1 Å². The number of amides is 1. The minimum absolute atomic E-state index is 0.0373. The maximum atomic E-state index is 12.9. The molecule has 0 bridgehead atoms. The van der Waals surface area contributed by atoms with Gasteiger partial charge >= 0.3 is 0 Å². The van der Waals surface area contributed by atoms with Gasteiger partial charge in [-0.25, -0.2) is 4.39 Å². The van der Waals surface area contributed by atoms with Crippen LogP contribution in [0.3, 0.4) is 0 Å². The summed E-state index contributed by atoms with van der Waals surface area (Å²) >= 11 is 0. The molecule has 0 unspecified atom stereocenters. The predicted molar refractivity (Wildman–Crippen MR) is 98.9 cm³/mol. The van der Waals surface area contributed by atoms with E-state index in [-0.39, 0.29) is 11.7 Å². The molecule has 2 heterocycles. The van der Waals surface area contributed by atoms with Crippen molar-refractivity contribution in [1.82, 2.24) is 14.7 Å². The Kier molecular flexibility index (Phi) is 4.62. The third-order valence-electron chi connectivity index (χ3n) is 4.60. The van der Waals surface area contributed by atoms with Gasteiger partial charge in [0.2, 0.25) is 0 Å². The van der Waals surface area contributed by atoms with E-state index < -0.39 is 0 Å². The van der Waals surface area contributed by atoms with E-state index in [0.29, 0.717) is 37.6 Å². The predicted octanol–water partition coefficient (Wildman–Crippen LogP) is 3.57. The molecular weight excluding hydrogens is 345 g/mol. The standard InChI is InChI=1S/C21H20FN3O2/c1-15-3-2-4-16(11-15)21(26)24-9-10-25-19(13-24)12-18(23-25)14-27-20-7-5-17(22)6-8-20/h2-8,11-12H,9-10,13-14H2,1H3. The average molecular weight is 365 g/mol. The fourth-order valence-corrected chi connectivity index (χ4v) is 3.22. The van der Waals surface area contributed by atoms with Gasteiger partial charge in [-0.05, 0) is 49.4 Å². The lowest BCUT2D eigenvalue weighted by Gasteiger charge is -2.27. The summed E-state index contributed by atoms with van der Waals surface area (Å²) in [6.45, 7) is 4.09. The largest absolute Gasteiger partial charge is 0.487 e. The smallest absolute Gasteiger partial charge is 0.254 e. The quantitative estimate of drug-likeness (QED) is 0.710. The van der Waals surface area contributed by atoms with Gasteiger partial charge < -0.3 is 9.64 Å². The molecule has 0 aliphatic carbocycles. The van der Waals surface area contributed by atoms with Crippen LogP contribution in [0.5, 0.6) is 5.75 Å². The second-order valence-corrected chi connectivity index (χ2v) is 6.69. The number of aromatic nitrogens is 2. The van der Waals surface area contributed by atoms with Crippen LogP contribution in [0.4, 0.5) is 4.39 Å². The van der Waals surface area contributed by atoms with E-state index >= 15 is 0 Å².